The number of hydrogen-bond acceptors (Lipinski definition) is 5. The monoisotopic (exact) mass is 500 g/mol. The van der Waals surface area contributed by atoms with Crippen molar-refractivity contribution >= 4 is 52.7 Å². The Morgan fingerprint density at radius 2 is 1.59 bits per heavy atom. The molecule has 4 rings (SSSR count). The number of halogens is 3. The van der Waals surface area contributed by atoms with Gasteiger partial charge in [0, 0.05) is 4.90 Å². The van der Waals surface area contributed by atoms with E-state index in [0.717, 1.165) is 4.90 Å². The number of thioether (sulfide) groups is 1. The summed E-state index contributed by atoms with van der Waals surface area (Å²) in [5.74, 6) is -0.254. The van der Waals surface area contributed by atoms with Gasteiger partial charge in [-0.1, -0.05) is 30.3 Å². The predicted octanol–water partition coefficient (Wildman–Crippen LogP) is 5.92. The second kappa shape index (κ2) is 9.70. The van der Waals surface area contributed by atoms with Crippen LogP contribution in [-0.2, 0) is 9.59 Å². The molecule has 0 atom stereocenters. The van der Waals surface area contributed by atoms with E-state index in [0.29, 0.717) is 17.2 Å². The molecule has 34 heavy (non-hydrogen) atoms. The fourth-order valence-corrected chi connectivity index (χ4v) is 4.04. The van der Waals surface area contributed by atoms with Crippen molar-refractivity contribution in [1.29, 1.82) is 0 Å². The van der Waals surface area contributed by atoms with Crippen molar-refractivity contribution in [2.24, 2.45) is 0 Å². The first-order chi connectivity index (χ1) is 16.2. The van der Waals surface area contributed by atoms with Crippen molar-refractivity contribution in [3.63, 3.8) is 0 Å². The third-order valence-corrected chi connectivity index (χ3v) is 5.58. The number of alkyl halides is 3. The molecule has 0 saturated carbocycles. The zero-order valence-corrected chi connectivity index (χ0v) is 18.8. The first-order valence-corrected chi connectivity index (χ1v) is 11.0. The van der Waals surface area contributed by atoms with E-state index in [1.54, 1.807) is 36.4 Å². The van der Waals surface area contributed by atoms with Crippen molar-refractivity contribution in [3.8, 4) is 11.5 Å². The molecule has 0 aromatic heterocycles. The van der Waals surface area contributed by atoms with Gasteiger partial charge in [0.1, 0.15) is 17.1 Å². The van der Waals surface area contributed by atoms with Crippen LogP contribution in [0.3, 0.4) is 0 Å². The Morgan fingerprint density at radius 3 is 2.26 bits per heavy atom. The minimum atomic E-state index is -4.46. The first-order valence-electron chi connectivity index (χ1n) is 9.80. The highest BCUT2D eigenvalue weighted by molar-refractivity contribution is 8.00. The lowest BCUT2D eigenvalue weighted by Gasteiger charge is -2.29. The first kappa shape index (κ1) is 23.5. The number of carbonyl (C=O) groups excluding carboxylic acids is 2. The Kier molecular flexibility index (Phi) is 6.71. The van der Waals surface area contributed by atoms with Gasteiger partial charge in [-0.05, 0) is 84.2 Å². The Morgan fingerprint density at radius 1 is 0.912 bits per heavy atom. The van der Waals surface area contributed by atoms with Crippen LogP contribution < -0.4 is 15.0 Å². The number of benzene rings is 3. The van der Waals surface area contributed by atoms with Crippen LogP contribution in [0.15, 0.2) is 89.3 Å². The molecule has 1 saturated heterocycles. The van der Waals surface area contributed by atoms with Gasteiger partial charge in [0.25, 0.3) is 11.8 Å². The number of ether oxygens (including phenoxy) is 1. The number of nitrogens with one attached hydrogen (secondary N) is 1. The molecule has 3 aromatic carbocycles. The van der Waals surface area contributed by atoms with Gasteiger partial charge in [0.2, 0.25) is 0 Å². The van der Waals surface area contributed by atoms with Gasteiger partial charge in [0.15, 0.2) is 5.11 Å². The normalized spacial score (nSPS) is 15.4. The number of hydrogen-bond donors (Lipinski definition) is 1. The molecular weight excluding hydrogens is 485 g/mol. The third kappa shape index (κ3) is 5.64. The maximum absolute atomic E-state index is 13.1. The topological polar surface area (TPSA) is 58.6 Å². The molecule has 3 aromatic rings. The minimum Gasteiger partial charge on any atom is -0.457 e. The van der Waals surface area contributed by atoms with Crippen LogP contribution in [0.25, 0.3) is 6.08 Å². The van der Waals surface area contributed by atoms with Gasteiger partial charge in [-0.15, -0.1) is 0 Å². The molecule has 0 bridgehead atoms. The Labute approximate surface area is 202 Å². The minimum absolute atomic E-state index is 0.0631. The molecule has 1 heterocycles. The van der Waals surface area contributed by atoms with Gasteiger partial charge >= 0.3 is 5.51 Å². The molecular formula is C24H15F3N2O3S2. The summed E-state index contributed by atoms with van der Waals surface area (Å²) >= 11 is 4.91. The van der Waals surface area contributed by atoms with E-state index in [-0.39, 0.29) is 32.9 Å². The molecule has 1 aliphatic rings. The molecule has 172 valence electrons. The van der Waals surface area contributed by atoms with Gasteiger partial charge < -0.3 is 4.74 Å². The zero-order valence-electron chi connectivity index (χ0n) is 17.2. The number of thiocarbonyl (C=S) groups is 1. The summed E-state index contributed by atoms with van der Waals surface area (Å²) in [6.07, 6.45) is 1.24. The lowest BCUT2D eigenvalue weighted by Crippen LogP contribution is -2.54. The Balaban J connectivity index is 1.58. The van der Waals surface area contributed by atoms with Crippen LogP contribution in [0.4, 0.5) is 18.9 Å². The van der Waals surface area contributed by atoms with E-state index in [1.807, 2.05) is 18.2 Å². The quantitative estimate of drug-likeness (QED) is 0.204. The smallest absolute Gasteiger partial charge is 0.446 e. The van der Waals surface area contributed by atoms with Crippen LogP contribution >= 0.6 is 24.0 Å². The highest BCUT2D eigenvalue weighted by atomic mass is 32.2. The predicted molar refractivity (Wildman–Crippen MR) is 128 cm³/mol. The molecule has 0 unspecified atom stereocenters. The van der Waals surface area contributed by atoms with E-state index in [4.69, 9.17) is 17.0 Å². The number of carbonyl (C=O) groups is 2. The van der Waals surface area contributed by atoms with Crippen LogP contribution in [-0.4, -0.2) is 22.4 Å². The average Bonchev–Trinajstić information content (AvgIpc) is 2.77. The lowest BCUT2D eigenvalue weighted by atomic mass is 10.1. The van der Waals surface area contributed by atoms with Crippen molar-refractivity contribution in [1.82, 2.24) is 5.32 Å². The van der Waals surface area contributed by atoms with Gasteiger partial charge in [-0.3, -0.25) is 19.8 Å². The summed E-state index contributed by atoms with van der Waals surface area (Å²) < 4.78 is 43.8. The van der Waals surface area contributed by atoms with E-state index in [2.05, 4.69) is 5.32 Å². The molecule has 10 heteroatoms. The van der Waals surface area contributed by atoms with Crippen LogP contribution in [0.5, 0.6) is 11.5 Å². The summed E-state index contributed by atoms with van der Waals surface area (Å²) in [5, 5.41) is 2.34. The Bertz CT molecular complexity index is 1280. The molecule has 2 amide bonds. The summed E-state index contributed by atoms with van der Waals surface area (Å²) in [7, 11) is 0. The SMILES string of the molecule is O=C1NC(=S)N(c2ccc(Oc3ccccc3)cc2)C(=O)/C1=C/c1cccc(SC(F)(F)F)c1. The molecule has 1 fully saturated rings. The van der Waals surface area contributed by atoms with E-state index >= 15 is 0 Å². The van der Waals surface area contributed by atoms with Crippen LogP contribution in [0.1, 0.15) is 5.56 Å². The van der Waals surface area contributed by atoms with Crippen molar-refractivity contribution in [2.75, 3.05) is 4.90 Å². The van der Waals surface area contributed by atoms with Crippen molar-refractivity contribution < 1.29 is 27.5 Å². The number of para-hydroxylation sites is 1. The molecule has 0 spiro atoms. The second-order valence-corrected chi connectivity index (χ2v) is 8.51. The van der Waals surface area contributed by atoms with Crippen LogP contribution in [0, 0.1) is 0 Å². The zero-order chi connectivity index (χ0) is 24.3. The molecule has 0 aliphatic carbocycles. The summed E-state index contributed by atoms with van der Waals surface area (Å²) in [5.41, 5.74) is -4.05. The molecule has 1 N–H and O–H groups in total. The van der Waals surface area contributed by atoms with E-state index in [1.165, 1.54) is 30.3 Å². The average molecular weight is 501 g/mol. The fourth-order valence-electron chi connectivity index (χ4n) is 3.15. The Hall–Kier alpha value is -3.63. The number of amides is 2. The van der Waals surface area contributed by atoms with E-state index < -0.39 is 17.3 Å². The second-order valence-electron chi connectivity index (χ2n) is 6.99. The van der Waals surface area contributed by atoms with Crippen LogP contribution in [0.2, 0.25) is 0 Å². The number of rotatable bonds is 5. The number of nitrogens with zero attached hydrogens (tertiary/aromatic N) is 1. The molecule has 5 nitrogen and oxygen atoms in total. The van der Waals surface area contributed by atoms with Crippen molar-refractivity contribution in [2.45, 2.75) is 10.4 Å². The molecule has 0 radical (unpaired) electrons. The fraction of sp³-hybridized carbons (Fsp3) is 0.0417. The summed E-state index contributed by atoms with van der Waals surface area (Å²) in [4.78, 5) is 26.7. The maximum Gasteiger partial charge on any atom is 0.446 e. The van der Waals surface area contributed by atoms with Crippen molar-refractivity contribution in [3.05, 3.63) is 90.0 Å². The van der Waals surface area contributed by atoms with E-state index in [9.17, 15) is 22.8 Å². The summed E-state index contributed by atoms with van der Waals surface area (Å²) in [6.45, 7) is 0. The third-order valence-electron chi connectivity index (χ3n) is 4.58. The van der Waals surface area contributed by atoms with Gasteiger partial charge in [-0.2, -0.15) is 13.2 Å². The molecule has 1 aliphatic heterocycles. The standard InChI is InChI=1S/C24H15F3N2O3S2/c25-24(26,27)34-19-8-4-5-15(13-19)14-20-21(30)28-23(33)29(22(20)31)16-9-11-18(12-10-16)32-17-6-2-1-3-7-17/h1-14H,(H,28,30,33)/b20-14+. The highest BCUT2D eigenvalue weighted by Gasteiger charge is 2.34. The maximum atomic E-state index is 13.1. The highest BCUT2D eigenvalue weighted by Crippen LogP contribution is 2.37. The summed E-state index contributed by atoms with van der Waals surface area (Å²) in [6, 6.07) is 21.1. The number of anilines is 1. The van der Waals surface area contributed by atoms with Gasteiger partial charge in [0.05, 0.1) is 5.69 Å². The van der Waals surface area contributed by atoms with Gasteiger partial charge in [-0.25, -0.2) is 0 Å². The lowest BCUT2D eigenvalue weighted by molar-refractivity contribution is -0.122. The largest absolute Gasteiger partial charge is 0.457 e.